The second kappa shape index (κ2) is 11.8. The molecule has 0 fully saturated rings. The van der Waals surface area contributed by atoms with Crippen molar-refractivity contribution in [3.8, 4) is 11.5 Å². The maximum Gasteiger partial charge on any atom is 0.412 e. The van der Waals surface area contributed by atoms with Crippen LogP contribution in [0.5, 0.6) is 11.5 Å². The van der Waals surface area contributed by atoms with Gasteiger partial charge in [-0.2, -0.15) is 0 Å². The number of nitrogens with one attached hydrogen (secondary N) is 3. The van der Waals surface area contributed by atoms with E-state index in [1.807, 2.05) is 0 Å². The molecule has 2 aromatic carbocycles. The Balaban J connectivity index is 2.03. The number of amides is 3. The summed E-state index contributed by atoms with van der Waals surface area (Å²) in [5.41, 5.74) is -1.49. The Morgan fingerprint density at radius 3 is 1.65 bits per heavy atom. The molecule has 3 amide bonds. The fraction of sp³-hybridized carbons (Fsp3) is 0.238. The molecule has 10 nitrogen and oxygen atoms in total. The fourth-order valence-electron chi connectivity index (χ4n) is 2.56. The molecular formula is C21H23N3O7. The van der Waals surface area contributed by atoms with Crippen LogP contribution >= 0.6 is 0 Å². The highest BCUT2D eigenvalue weighted by atomic mass is 16.6. The van der Waals surface area contributed by atoms with Gasteiger partial charge in [0.25, 0.3) is 0 Å². The molecule has 0 spiro atoms. The van der Waals surface area contributed by atoms with Crippen LogP contribution < -0.4 is 25.4 Å². The average Bonchev–Trinajstić information content (AvgIpc) is 2.76. The number of para-hydroxylation sites is 2. The van der Waals surface area contributed by atoms with E-state index < -0.39 is 23.8 Å². The molecule has 0 unspecified atom stereocenters. The predicted molar refractivity (Wildman–Crippen MR) is 110 cm³/mol. The number of benzene rings is 2. The molecule has 10 heteroatoms. The quantitative estimate of drug-likeness (QED) is 0.386. The number of hydrogen-bond acceptors (Lipinski definition) is 7. The van der Waals surface area contributed by atoms with Gasteiger partial charge in [0.1, 0.15) is 11.5 Å². The van der Waals surface area contributed by atoms with E-state index in [-0.39, 0.29) is 19.6 Å². The van der Waals surface area contributed by atoms with Gasteiger partial charge in [0, 0.05) is 6.92 Å². The molecule has 2 aromatic rings. The van der Waals surface area contributed by atoms with Crippen LogP contribution in [0, 0.1) is 0 Å². The molecule has 31 heavy (non-hydrogen) atoms. The van der Waals surface area contributed by atoms with E-state index in [0.29, 0.717) is 17.9 Å². The first-order valence-corrected chi connectivity index (χ1v) is 9.30. The normalized spacial score (nSPS) is 10.4. The van der Waals surface area contributed by atoms with Gasteiger partial charge in [-0.25, -0.2) is 9.59 Å². The van der Waals surface area contributed by atoms with Crippen molar-refractivity contribution in [2.45, 2.75) is 12.5 Å². The minimum atomic E-state index is -1.49. The highest BCUT2D eigenvalue weighted by molar-refractivity contribution is 5.72. The van der Waals surface area contributed by atoms with E-state index in [1.165, 1.54) is 6.92 Å². The van der Waals surface area contributed by atoms with Gasteiger partial charge in [0.2, 0.25) is 6.41 Å². The molecule has 2 rings (SSSR count). The minimum Gasteiger partial charge on any atom is -0.454 e. The number of carbonyl (C=O) groups excluding carboxylic acids is 4. The first kappa shape index (κ1) is 23.2. The van der Waals surface area contributed by atoms with Crippen molar-refractivity contribution in [3.05, 3.63) is 60.7 Å². The second-order valence-electron chi connectivity index (χ2n) is 6.39. The summed E-state index contributed by atoms with van der Waals surface area (Å²) in [6.45, 7) is 0.461. The lowest BCUT2D eigenvalue weighted by Gasteiger charge is -2.32. The molecule has 0 heterocycles. The minimum absolute atomic E-state index is 0.187. The molecule has 164 valence electrons. The van der Waals surface area contributed by atoms with Crippen LogP contribution in [0.4, 0.5) is 9.59 Å². The zero-order chi connectivity index (χ0) is 22.5. The van der Waals surface area contributed by atoms with Gasteiger partial charge in [-0.1, -0.05) is 36.4 Å². The number of ether oxygens (including phenoxy) is 3. The second-order valence-corrected chi connectivity index (χ2v) is 6.39. The van der Waals surface area contributed by atoms with Gasteiger partial charge in [-0.3, -0.25) is 9.59 Å². The Bertz CT molecular complexity index is 818. The topological polar surface area (TPSA) is 132 Å². The highest BCUT2D eigenvalue weighted by Gasteiger charge is 2.35. The van der Waals surface area contributed by atoms with Crippen LogP contribution in [0.25, 0.3) is 0 Å². The zero-order valence-corrected chi connectivity index (χ0v) is 16.8. The summed E-state index contributed by atoms with van der Waals surface area (Å²) in [7, 11) is 0. The highest BCUT2D eigenvalue weighted by Crippen LogP contribution is 2.13. The maximum absolute atomic E-state index is 12.1. The van der Waals surface area contributed by atoms with Crippen LogP contribution in [0.15, 0.2) is 60.7 Å². The number of esters is 1. The monoisotopic (exact) mass is 429 g/mol. The molecule has 3 N–H and O–H groups in total. The third kappa shape index (κ3) is 8.44. The SMILES string of the molecule is CC(=O)OC(CNC=O)(CNC(=O)Oc1ccccc1)CNC(=O)Oc1ccccc1. The molecule has 0 bridgehead atoms. The van der Waals surface area contributed by atoms with Crippen molar-refractivity contribution in [2.75, 3.05) is 19.6 Å². The predicted octanol–water partition coefficient (Wildman–Crippen LogP) is 1.61. The van der Waals surface area contributed by atoms with Gasteiger partial charge < -0.3 is 30.2 Å². The molecule has 0 atom stereocenters. The van der Waals surface area contributed by atoms with E-state index in [2.05, 4.69) is 16.0 Å². The van der Waals surface area contributed by atoms with Gasteiger partial charge in [0.15, 0.2) is 5.60 Å². The summed E-state index contributed by atoms with van der Waals surface area (Å²) in [5.74, 6) is -0.0496. The van der Waals surface area contributed by atoms with E-state index in [1.54, 1.807) is 60.7 Å². The number of carbonyl (C=O) groups is 4. The van der Waals surface area contributed by atoms with Crippen LogP contribution in [0.3, 0.4) is 0 Å². The van der Waals surface area contributed by atoms with Crippen molar-refractivity contribution >= 4 is 24.6 Å². The molecule has 0 aliphatic heterocycles. The molecule has 0 saturated carbocycles. The molecular weight excluding hydrogens is 406 g/mol. The van der Waals surface area contributed by atoms with Crippen LogP contribution in [-0.4, -0.2) is 49.8 Å². The fourth-order valence-corrected chi connectivity index (χ4v) is 2.56. The molecule has 0 saturated heterocycles. The van der Waals surface area contributed by atoms with Crippen molar-refractivity contribution < 1.29 is 33.4 Å². The summed E-state index contributed by atoms with van der Waals surface area (Å²) in [6.07, 6.45) is -1.20. The lowest BCUT2D eigenvalue weighted by atomic mass is 10.0. The first-order valence-electron chi connectivity index (χ1n) is 9.30. The van der Waals surface area contributed by atoms with Gasteiger partial charge in [0.05, 0.1) is 19.6 Å². The van der Waals surface area contributed by atoms with Crippen LogP contribution in [0.2, 0.25) is 0 Å². The van der Waals surface area contributed by atoms with Gasteiger partial charge >= 0.3 is 18.2 Å². The lowest BCUT2D eigenvalue weighted by molar-refractivity contribution is -0.156. The Kier molecular flexibility index (Phi) is 8.84. The van der Waals surface area contributed by atoms with Crippen molar-refractivity contribution in [1.29, 1.82) is 0 Å². The lowest BCUT2D eigenvalue weighted by Crippen LogP contribution is -2.58. The van der Waals surface area contributed by atoms with Crippen molar-refractivity contribution in [3.63, 3.8) is 0 Å². The Labute approximate surface area is 178 Å². The van der Waals surface area contributed by atoms with Crippen LogP contribution in [-0.2, 0) is 14.3 Å². The maximum atomic E-state index is 12.1. The van der Waals surface area contributed by atoms with Gasteiger partial charge in [-0.15, -0.1) is 0 Å². The summed E-state index contributed by atoms with van der Waals surface area (Å²) < 4.78 is 15.6. The summed E-state index contributed by atoms with van der Waals surface area (Å²) in [5, 5.41) is 7.35. The number of hydrogen-bond donors (Lipinski definition) is 3. The summed E-state index contributed by atoms with van der Waals surface area (Å²) >= 11 is 0. The summed E-state index contributed by atoms with van der Waals surface area (Å²) in [6, 6.07) is 16.7. The zero-order valence-electron chi connectivity index (χ0n) is 16.8. The van der Waals surface area contributed by atoms with E-state index >= 15 is 0 Å². The molecule has 0 aliphatic carbocycles. The van der Waals surface area contributed by atoms with E-state index in [9.17, 15) is 19.2 Å². The summed E-state index contributed by atoms with van der Waals surface area (Å²) in [4.78, 5) is 46.7. The Hall–Kier alpha value is -4.08. The molecule has 0 aromatic heterocycles. The first-order chi connectivity index (χ1) is 14.9. The third-order valence-electron chi connectivity index (χ3n) is 3.89. The van der Waals surface area contributed by atoms with E-state index in [0.717, 1.165) is 0 Å². The smallest absolute Gasteiger partial charge is 0.412 e. The van der Waals surface area contributed by atoms with E-state index in [4.69, 9.17) is 14.2 Å². The Morgan fingerprint density at radius 1 is 0.806 bits per heavy atom. The average molecular weight is 429 g/mol. The van der Waals surface area contributed by atoms with Crippen LogP contribution in [0.1, 0.15) is 6.92 Å². The largest absolute Gasteiger partial charge is 0.454 e. The van der Waals surface area contributed by atoms with Gasteiger partial charge in [-0.05, 0) is 24.3 Å². The van der Waals surface area contributed by atoms with Crippen molar-refractivity contribution in [2.24, 2.45) is 0 Å². The van der Waals surface area contributed by atoms with Crippen molar-refractivity contribution in [1.82, 2.24) is 16.0 Å². The molecule has 0 radical (unpaired) electrons. The Morgan fingerprint density at radius 2 is 1.26 bits per heavy atom. The number of rotatable bonds is 10. The standard InChI is InChI=1S/C21H23N3O7/c1-16(26)31-21(12-22-15-25,13-23-19(27)29-17-8-4-2-5-9-17)14-24-20(28)30-18-10-6-3-7-11-18/h2-11,15H,12-14H2,1H3,(H,22,25)(H,23,27)(H,24,28). The molecule has 0 aliphatic rings. The third-order valence-corrected chi connectivity index (χ3v) is 3.89.